The van der Waals surface area contributed by atoms with E-state index in [-0.39, 0.29) is 17.7 Å². The third-order valence-electron chi connectivity index (χ3n) is 9.65. The predicted molar refractivity (Wildman–Crippen MR) is 164 cm³/mol. The van der Waals surface area contributed by atoms with Crippen LogP contribution in [0.2, 0.25) is 0 Å². The second-order valence-electron chi connectivity index (χ2n) is 13.0. The monoisotopic (exact) mass is 583 g/mol. The molecule has 4 aliphatic heterocycles. The molecule has 0 saturated carbocycles. The molecule has 3 fully saturated rings. The summed E-state index contributed by atoms with van der Waals surface area (Å²) in [5.74, 6) is 2.82. The summed E-state index contributed by atoms with van der Waals surface area (Å²) in [5, 5.41) is 12.3. The van der Waals surface area contributed by atoms with Crippen molar-refractivity contribution in [3.05, 3.63) is 64.6 Å². The van der Waals surface area contributed by atoms with Gasteiger partial charge in [0, 0.05) is 42.7 Å². The van der Waals surface area contributed by atoms with E-state index in [4.69, 9.17) is 31.6 Å². The summed E-state index contributed by atoms with van der Waals surface area (Å²) >= 11 is 0. The predicted octanol–water partition coefficient (Wildman–Crippen LogP) is 4.67. The Morgan fingerprint density at radius 3 is 2.91 bits per heavy atom. The molecule has 8 nitrogen and oxygen atoms in total. The molecule has 0 bridgehead atoms. The number of rotatable bonds is 5. The molecule has 224 valence electrons. The third kappa shape index (κ3) is 5.01. The summed E-state index contributed by atoms with van der Waals surface area (Å²) in [7, 11) is 0. The fourth-order valence-corrected chi connectivity index (χ4v) is 7.70. The van der Waals surface area contributed by atoms with Gasteiger partial charge >= 0.3 is 6.01 Å². The number of aliphatic hydroxyl groups is 1. The molecule has 3 N–H and O–H groups in total. The zero-order valence-electron chi connectivity index (χ0n) is 24.7. The topological polar surface area (TPSA) is 97.0 Å². The number of aromatic nitrogens is 2. The van der Waals surface area contributed by atoms with Crippen LogP contribution in [-0.2, 0) is 17.8 Å². The molecule has 3 saturated heterocycles. The SMILES string of the molecule is C#Cc1c(F)ccc2cc(N)cc(C3Cc4nc(OC[C@@]56CCCN5CC(=C)C6)nc(N5CCCC(C)(O)C5)c4CO3)c12. The molecular weight excluding hydrogens is 545 g/mol. The Bertz CT molecular complexity index is 1670. The number of nitrogens with zero attached hydrogens (tertiary/aromatic N) is 4. The molecule has 2 aromatic carbocycles. The van der Waals surface area contributed by atoms with Gasteiger partial charge in [-0.1, -0.05) is 24.1 Å². The molecule has 3 atom stereocenters. The lowest BCUT2D eigenvalue weighted by Crippen LogP contribution is -2.47. The van der Waals surface area contributed by atoms with Crippen molar-refractivity contribution in [1.29, 1.82) is 0 Å². The van der Waals surface area contributed by atoms with E-state index in [1.807, 2.05) is 13.0 Å². The number of fused-ring (bicyclic) bond motifs is 3. The van der Waals surface area contributed by atoms with Crippen molar-refractivity contribution in [3.8, 4) is 18.4 Å². The minimum Gasteiger partial charge on any atom is -0.461 e. The first-order chi connectivity index (χ1) is 20.6. The Morgan fingerprint density at radius 2 is 2.09 bits per heavy atom. The number of halogens is 1. The highest BCUT2D eigenvalue weighted by Gasteiger charge is 2.46. The molecule has 0 spiro atoms. The molecule has 7 rings (SSSR count). The summed E-state index contributed by atoms with van der Waals surface area (Å²) in [6.07, 6.45) is 10.4. The second-order valence-corrected chi connectivity index (χ2v) is 13.0. The van der Waals surface area contributed by atoms with Crippen LogP contribution in [-0.4, -0.2) is 63.9 Å². The zero-order chi connectivity index (χ0) is 29.9. The number of anilines is 2. The lowest BCUT2D eigenvalue weighted by molar-refractivity contribution is 0.0252. The van der Waals surface area contributed by atoms with Gasteiger partial charge in [-0.15, -0.1) is 6.42 Å². The lowest BCUT2D eigenvalue weighted by Gasteiger charge is -2.39. The van der Waals surface area contributed by atoms with E-state index in [0.717, 1.165) is 79.8 Å². The Hall–Kier alpha value is -3.71. The fraction of sp³-hybridized carbons (Fsp3) is 0.471. The van der Waals surface area contributed by atoms with Gasteiger partial charge in [0.05, 0.1) is 35.1 Å². The average Bonchev–Trinajstić information content (AvgIpc) is 3.50. The zero-order valence-corrected chi connectivity index (χ0v) is 24.7. The quantitative estimate of drug-likeness (QED) is 0.254. The molecule has 0 radical (unpaired) electrons. The molecule has 4 aliphatic rings. The Morgan fingerprint density at radius 1 is 1.26 bits per heavy atom. The van der Waals surface area contributed by atoms with Gasteiger partial charge in [-0.3, -0.25) is 4.90 Å². The van der Waals surface area contributed by atoms with E-state index in [1.54, 1.807) is 12.1 Å². The summed E-state index contributed by atoms with van der Waals surface area (Å²) in [6, 6.07) is 7.01. The van der Waals surface area contributed by atoms with Crippen LogP contribution in [0.4, 0.5) is 15.9 Å². The van der Waals surface area contributed by atoms with Crippen LogP contribution in [0.1, 0.15) is 67.5 Å². The summed E-state index contributed by atoms with van der Waals surface area (Å²) in [6.45, 7) is 10.1. The van der Waals surface area contributed by atoms with Gasteiger partial charge in [0.25, 0.3) is 0 Å². The normalized spacial score (nSPS) is 27.3. The fourth-order valence-electron chi connectivity index (χ4n) is 7.70. The number of terminal acetylenes is 1. The molecule has 0 aliphatic carbocycles. The van der Waals surface area contributed by atoms with Crippen LogP contribution in [0.3, 0.4) is 0 Å². The maximum atomic E-state index is 14.8. The number of hydrogen-bond acceptors (Lipinski definition) is 8. The molecule has 5 heterocycles. The highest BCUT2D eigenvalue weighted by molar-refractivity contribution is 5.94. The largest absolute Gasteiger partial charge is 0.461 e. The van der Waals surface area contributed by atoms with E-state index in [0.29, 0.717) is 36.7 Å². The van der Waals surface area contributed by atoms with Crippen LogP contribution in [0.15, 0.2) is 36.4 Å². The number of hydrogen-bond donors (Lipinski definition) is 2. The summed E-state index contributed by atoms with van der Waals surface area (Å²) < 4.78 is 27.7. The number of nitrogen functional groups attached to an aromatic ring is 1. The standard InChI is InChI=1S/C34H38FN5O3/c1-4-24-27(35)8-7-22-13-23(36)14-25(30(22)24)29-15-28-26(18-42-29)31(39-11-5-9-33(3,41)19-39)38-32(37-28)43-20-34-10-6-12-40(34)17-21(2)16-34/h1,7-8,13-14,29,41H,2,5-6,9-12,15-20,36H2,3H3/t29?,33?,34-/m0/s1. The first kappa shape index (κ1) is 28.1. The highest BCUT2D eigenvalue weighted by Crippen LogP contribution is 2.43. The van der Waals surface area contributed by atoms with Crippen molar-refractivity contribution in [2.75, 3.05) is 43.4 Å². The minimum absolute atomic E-state index is 0.0624. The molecule has 1 aromatic heterocycles. The number of nitrogens with two attached hydrogens (primary N) is 1. The molecular formula is C34H38FN5O3. The van der Waals surface area contributed by atoms with Crippen LogP contribution in [0.25, 0.3) is 10.8 Å². The molecule has 2 unspecified atom stereocenters. The van der Waals surface area contributed by atoms with Gasteiger partial charge in [-0.25, -0.2) is 4.39 Å². The van der Waals surface area contributed by atoms with Gasteiger partial charge in [-0.2, -0.15) is 9.97 Å². The molecule has 43 heavy (non-hydrogen) atoms. The molecule has 0 amide bonds. The number of β-amino-alcohol motifs (C(OH)–C–C–N with tert-alkyl or cyclic N) is 1. The van der Waals surface area contributed by atoms with Crippen molar-refractivity contribution < 1.29 is 19.0 Å². The second kappa shape index (κ2) is 10.5. The van der Waals surface area contributed by atoms with Gasteiger partial charge in [0.15, 0.2) is 0 Å². The number of ether oxygens (including phenoxy) is 2. The summed E-state index contributed by atoms with van der Waals surface area (Å²) in [4.78, 5) is 14.5. The van der Waals surface area contributed by atoms with E-state index >= 15 is 0 Å². The highest BCUT2D eigenvalue weighted by atomic mass is 19.1. The maximum Gasteiger partial charge on any atom is 0.318 e. The van der Waals surface area contributed by atoms with E-state index in [1.165, 1.54) is 11.6 Å². The molecule has 9 heteroatoms. The van der Waals surface area contributed by atoms with Crippen molar-refractivity contribution in [1.82, 2.24) is 14.9 Å². The van der Waals surface area contributed by atoms with Crippen molar-refractivity contribution in [3.63, 3.8) is 0 Å². The van der Waals surface area contributed by atoms with Crippen molar-refractivity contribution in [2.24, 2.45) is 0 Å². The van der Waals surface area contributed by atoms with E-state index < -0.39 is 17.5 Å². The number of benzene rings is 2. The van der Waals surface area contributed by atoms with E-state index in [2.05, 4.69) is 22.3 Å². The first-order valence-electron chi connectivity index (χ1n) is 15.2. The first-order valence-corrected chi connectivity index (χ1v) is 15.2. The third-order valence-corrected chi connectivity index (χ3v) is 9.65. The smallest absolute Gasteiger partial charge is 0.318 e. The lowest BCUT2D eigenvalue weighted by atomic mass is 9.91. The van der Waals surface area contributed by atoms with Crippen molar-refractivity contribution >= 4 is 22.3 Å². The Labute approximate surface area is 251 Å². The molecule has 3 aromatic rings. The Kier molecular flexibility index (Phi) is 6.84. The minimum atomic E-state index is -0.821. The van der Waals surface area contributed by atoms with Crippen LogP contribution >= 0.6 is 0 Å². The number of piperidine rings is 1. The Balaban J connectivity index is 1.27. The van der Waals surface area contributed by atoms with Crippen LogP contribution < -0.4 is 15.4 Å². The average molecular weight is 584 g/mol. The van der Waals surface area contributed by atoms with E-state index in [9.17, 15) is 9.50 Å². The van der Waals surface area contributed by atoms with Gasteiger partial charge < -0.3 is 25.2 Å². The van der Waals surface area contributed by atoms with Crippen molar-refractivity contribution in [2.45, 2.75) is 69.3 Å². The maximum absolute atomic E-state index is 14.8. The van der Waals surface area contributed by atoms with Gasteiger partial charge in [-0.05, 0) is 74.7 Å². The van der Waals surface area contributed by atoms with Crippen LogP contribution in [0, 0.1) is 18.2 Å². The van der Waals surface area contributed by atoms with Gasteiger partial charge in [0.1, 0.15) is 18.2 Å². The summed E-state index contributed by atoms with van der Waals surface area (Å²) in [5.41, 5.74) is 9.83. The van der Waals surface area contributed by atoms with Crippen LogP contribution in [0.5, 0.6) is 6.01 Å². The van der Waals surface area contributed by atoms with Gasteiger partial charge in [0.2, 0.25) is 0 Å².